The van der Waals surface area contributed by atoms with Crippen molar-refractivity contribution in [2.45, 2.75) is 25.8 Å². The fraction of sp³-hybridized carbons (Fsp3) is 0.429. The van der Waals surface area contributed by atoms with Crippen molar-refractivity contribution in [2.24, 2.45) is 5.10 Å². The van der Waals surface area contributed by atoms with Gasteiger partial charge in [0.1, 0.15) is 24.9 Å². The molecule has 0 bridgehead atoms. The van der Waals surface area contributed by atoms with Gasteiger partial charge in [-0.2, -0.15) is 5.10 Å². The first-order chi connectivity index (χ1) is 13.2. The van der Waals surface area contributed by atoms with Gasteiger partial charge >= 0.3 is 0 Å². The molecule has 6 nitrogen and oxygen atoms in total. The molecule has 0 spiro atoms. The van der Waals surface area contributed by atoms with Crippen LogP contribution in [0.2, 0.25) is 0 Å². The standard InChI is InChI=1S/C21H25N3O3/c1-16-4-6-17(7-5-16)18-15-19(20-3-2-12-27-20)24(22-18)21(25)8-9-23-10-13-26-14-11-23/h2-7,12,19H,8-11,13-15H2,1H3/p+1/t19-/m0/s1. The molecule has 6 heteroatoms. The summed E-state index contributed by atoms with van der Waals surface area (Å²) < 4.78 is 11.0. The van der Waals surface area contributed by atoms with Gasteiger partial charge in [-0.15, -0.1) is 0 Å². The molecule has 142 valence electrons. The maximum Gasteiger partial charge on any atom is 0.249 e. The summed E-state index contributed by atoms with van der Waals surface area (Å²) in [4.78, 5) is 14.4. The minimum Gasteiger partial charge on any atom is -0.467 e. The van der Waals surface area contributed by atoms with E-state index in [1.807, 2.05) is 12.1 Å². The second-order valence-corrected chi connectivity index (χ2v) is 7.25. The summed E-state index contributed by atoms with van der Waals surface area (Å²) in [6.07, 6.45) is 2.81. The third-order valence-corrected chi connectivity index (χ3v) is 5.31. The van der Waals surface area contributed by atoms with Gasteiger partial charge in [-0.25, -0.2) is 5.01 Å². The molecule has 0 unspecified atom stereocenters. The molecule has 27 heavy (non-hydrogen) atoms. The lowest BCUT2D eigenvalue weighted by Crippen LogP contribution is -3.14. The Labute approximate surface area is 159 Å². The van der Waals surface area contributed by atoms with E-state index in [9.17, 15) is 4.79 Å². The van der Waals surface area contributed by atoms with Crippen LogP contribution in [0.3, 0.4) is 0 Å². The van der Waals surface area contributed by atoms with Crippen molar-refractivity contribution < 1.29 is 18.8 Å². The van der Waals surface area contributed by atoms with Gasteiger partial charge in [0.05, 0.1) is 38.2 Å². The van der Waals surface area contributed by atoms with Crippen LogP contribution in [0.25, 0.3) is 0 Å². The van der Waals surface area contributed by atoms with Crippen LogP contribution < -0.4 is 4.90 Å². The minimum atomic E-state index is -0.163. The molecular weight excluding hydrogens is 342 g/mol. The number of hydrogen-bond acceptors (Lipinski definition) is 4. The van der Waals surface area contributed by atoms with Crippen LogP contribution in [-0.4, -0.2) is 49.5 Å². The molecule has 1 saturated heterocycles. The van der Waals surface area contributed by atoms with Gasteiger partial charge in [-0.1, -0.05) is 29.8 Å². The maximum atomic E-state index is 13.0. The third-order valence-electron chi connectivity index (χ3n) is 5.31. The molecule has 1 atom stereocenters. The van der Waals surface area contributed by atoms with Crippen molar-refractivity contribution in [3.05, 3.63) is 59.5 Å². The zero-order chi connectivity index (χ0) is 18.6. The number of nitrogens with zero attached hydrogens (tertiary/aromatic N) is 2. The Morgan fingerprint density at radius 2 is 2.00 bits per heavy atom. The third kappa shape index (κ3) is 4.12. The highest BCUT2D eigenvalue weighted by atomic mass is 16.5. The molecule has 4 rings (SSSR count). The Morgan fingerprint density at radius 3 is 2.70 bits per heavy atom. The Balaban J connectivity index is 1.50. The van der Waals surface area contributed by atoms with Gasteiger partial charge in [-0.05, 0) is 24.6 Å². The molecule has 1 N–H and O–H groups in total. The number of rotatable bonds is 5. The van der Waals surface area contributed by atoms with Crippen molar-refractivity contribution in [3.8, 4) is 0 Å². The molecule has 3 heterocycles. The van der Waals surface area contributed by atoms with Crippen LogP contribution in [0.4, 0.5) is 0 Å². The quantitative estimate of drug-likeness (QED) is 0.872. The van der Waals surface area contributed by atoms with Gasteiger partial charge in [0.2, 0.25) is 5.91 Å². The van der Waals surface area contributed by atoms with Gasteiger partial charge in [0.25, 0.3) is 0 Å². The average molecular weight is 368 g/mol. The lowest BCUT2D eigenvalue weighted by Gasteiger charge is -2.25. The lowest BCUT2D eigenvalue weighted by atomic mass is 10.0. The summed E-state index contributed by atoms with van der Waals surface area (Å²) in [6.45, 7) is 6.37. The number of hydrazone groups is 1. The molecular formula is C21H26N3O3+. The Bertz CT molecular complexity index is 793. The summed E-state index contributed by atoms with van der Waals surface area (Å²) in [5.41, 5.74) is 3.20. The normalized spacial score (nSPS) is 20.7. The molecule has 0 aliphatic carbocycles. The number of morpholine rings is 1. The predicted molar refractivity (Wildman–Crippen MR) is 102 cm³/mol. The minimum absolute atomic E-state index is 0.0532. The lowest BCUT2D eigenvalue weighted by molar-refractivity contribution is -0.907. The molecule has 0 saturated carbocycles. The summed E-state index contributed by atoms with van der Waals surface area (Å²) in [5.74, 6) is 0.838. The predicted octanol–water partition coefficient (Wildman–Crippen LogP) is 1.57. The van der Waals surface area contributed by atoms with E-state index in [0.29, 0.717) is 12.8 Å². The van der Waals surface area contributed by atoms with Crippen molar-refractivity contribution in [1.29, 1.82) is 0 Å². The fourth-order valence-electron chi connectivity index (χ4n) is 3.67. The number of carbonyl (C=O) groups is 1. The first kappa shape index (κ1) is 17.9. The van der Waals surface area contributed by atoms with E-state index in [0.717, 1.165) is 49.9 Å². The highest BCUT2D eigenvalue weighted by Gasteiger charge is 2.35. The van der Waals surface area contributed by atoms with E-state index >= 15 is 0 Å². The van der Waals surface area contributed by atoms with Crippen molar-refractivity contribution >= 4 is 11.6 Å². The van der Waals surface area contributed by atoms with Crippen LogP contribution >= 0.6 is 0 Å². The topological polar surface area (TPSA) is 59.5 Å². The van der Waals surface area contributed by atoms with Crippen LogP contribution in [0.1, 0.15) is 35.8 Å². The van der Waals surface area contributed by atoms with Crippen LogP contribution in [-0.2, 0) is 9.53 Å². The number of aryl methyl sites for hydroxylation is 1. The first-order valence-electron chi connectivity index (χ1n) is 9.62. The van der Waals surface area contributed by atoms with Gasteiger partial charge in [0, 0.05) is 6.42 Å². The second kappa shape index (κ2) is 8.06. The summed E-state index contributed by atoms with van der Waals surface area (Å²) in [7, 11) is 0. The number of ether oxygens (including phenoxy) is 1. The van der Waals surface area contributed by atoms with E-state index in [2.05, 4.69) is 31.2 Å². The van der Waals surface area contributed by atoms with Crippen molar-refractivity contribution in [1.82, 2.24) is 5.01 Å². The number of benzene rings is 1. The van der Waals surface area contributed by atoms with Crippen LogP contribution in [0.5, 0.6) is 0 Å². The zero-order valence-electron chi connectivity index (χ0n) is 15.7. The number of amides is 1. The Kier molecular flexibility index (Phi) is 5.36. The van der Waals surface area contributed by atoms with E-state index < -0.39 is 0 Å². The summed E-state index contributed by atoms with van der Waals surface area (Å²) in [6, 6.07) is 11.9. The van der Waals surface area contributed by atoms with Crippen LogP contribution in [0, 0.1) is 6.92 Å². The second-order valence-electron chi connectivity index (χ2n) is 7.25. The van der Waals surface area contributed by atoms with E-state index in [1.165, 1.54) is 10.5 Å². The first-order valence-corrected chi connectivity index (χ1v) is 9.62. The number of nitrogens with one attached hydrogen (secondary N) is 1. The monoisotopic (exact) mass is 368 g/mol. The molecule has 1 aromatic carbocycles. The number of carbonyl (C=O) groups excluding carboxylic acids is 1. The maximum absolute atomic E-state index is 13.0. The summed E-state index contributed by atoms with van der Waals surface area (Å²) >= 11 is 0. The van der Waals surface area contributed by atoms with Crippen molar-refractivity contribution in [2.75, 3.05) is 32.8 Å². The SMILES string of the molecule is Cc1ccc(C2=NN(C(=O)CC[NH+]3CCOCC3)[C@H](c3ccco3)C2)cc1. The van der Waals surface area contributed by atoms with Gasteiger partial charge < -0.3 is 14.1 Å². The number of quaternary nitrogens is 1. The van der Waals surface area contributed by atoms with E-state index in [1.54, 1.807) is 11.3 Å². The fourth-order valence-corrected chi connectivity index (χ4v) is 3.67. The highest BCUT2D eigenvalue weighted by molar-refractivity contribution is 6.03. The van der Waals surface area contributed by atoms with E-state index in [4.69, 9.17) is 14.3 Å². The summed E-state index contributed by atoms with van der Waals surface area (Å²) in [5, 5.41) is 6.33. The molecule has 1 aromatic heterocycles. The molecule has 1 amide bonds. The Hall–Kier alpha value is -2.44. The average Bonchev–Trinajstić information content (AvgIpc) is 3.37. The molecule has 1 fully saturated rings. The number of hydrogen-bond donors (Lipinski definition) is 1. The molecule has 0 radical (unpaired) electrons. The highest BCUT2D eigenvalue weighted by Crippen LogP contribution is 2.33. The number of furan rings is 1. The smallest absolute Gasteiger partial charge is 0.249 e. The Morgan fingerprint density at radius 1 is 1.22 bits per heavy atom. The molecule has 2 aliphatic rings. The van der Waals surface area contributed by atoms with Crippen LogP contribution in [0.15, 0.2) is 52.2 Å². The zero-order valence-corrected chi connectivity index (χ0v) is 15.7. The van der Waals surface area contributed by atoms with Gasteiger partial charge in [-0.3, -0.25) is 4.79 Å². The molecule has 2 aromatic rings. The largest absolute Gasteiger partial charge is 0.467 e. The molecule has 2 aliphatic heterocycles. The van der Waals surface area contributed by atoms with Crippen molar-refractivity contribution in [3.63, 3.8) is 0 Å². The van der Waals surface area contributed by atoms with Gasteiger partial charge in [0.15, 0.2) is 0 Å². The van der Waals surface area contributed by atoms with E-state index in [-0.39, 0.29) is 11.9 Å².